The Morgan fingerprint density at radius 1 is 1.04 bits per heavy atom. The molecule has 2 aromatic carbocycles. The molecule has 0 radical (unpaired) electrons. The Bertz CT molecular complexity index is 1340. The first kappa shape index (κ1) is 39.1. The third-order valence-electron chi connectivity index (χ3n) is 8.39. The molecular formula is C36H52N2O9. The SMILES string of the molecule is C.CCC(C)(C)C(=O)C(=O)N1CCCCC1C(=O)O[C@H](CCc1ccc(OC)c(OC)c1)c1cccc(OCC(=O)NCCCO)c1. The minimum Gasteiger partial charge on any atom is -0.493 e. The van der Waals surface area contributed by atoms with E-state index in [0.29, 0.717) is 74.4 Å². The third-order valence-corrected chi connectivity index (χ3v) is 8.39. The molecule has 0 spiro atoms. The molecule has 1 aliphatic heterocycles. The Morgan fingerprint density at radius 3 is 2.47 bits per heavy atom. The largest absolute Gasteiger partial charge is 0.493 e. The van der Waals surface area contributed by atoms with E-state index in [1.807, 2.05) is 31.2 Å². The highest BCUT2D eigenvalue weighted by Gasteiger charge is 2.41. The molecular weight excluding hydrogens is 604 g/mol. The van der Waals surface area contributed by atoms with Crippen LogP contribution in [0.25, 0.3) is 0 Å². The molecule has 260 valence electrons. The number of benzene rings is 2. The number of amides is 2. The van der Waals surface area contributed by atoms with Crippen LogP contribution in [0.1, 0.15) is 84.0 Å². The van der Waals surface area contributed by atoms with Crippen LogP contribution < -0.4 is 19.5 Å². The van der Waals surface area contributed by atoms with Crippen LogP contribution in [-0.2, 0) is 30.3 Å². The van der Waals surface area contributed by atoms with E-state index in [1.54, 1.807) is 46.3 Å². The molecule has 2 amide bonds. The number of nitrogens with zero attached hydrogens (tertiary/aromatic N) is 1. The molecule has 11 heteroatoms. The lowest BCUT2D eigenvalue weighted by molar-refractivity contribution is -0.164. The fourth-order valence-corrected chi connectivity index (χ4v) is 5.16. The summed E-state index contributed by atoms with van der Waals surface area (Å²) in [5.74, 6) is -0.448. The van der Waals surface area contributed by atoms with E-state index in [-0.39, 0.29) is 26.5 Å². The summed E-state index contributed by atoms with van der Waals surface area (Å²) in [6, 6.07) is 11.7. The molecule has 2 atom stereocenters. The van der Waals surface area contributed by atoms with Crippen molar-refractivity contribution in [2.75, 3.05) is 40.5 Å². The Labute approximate surface area is 278 Å². The fraction of sp³-hybridized carbons (Fsp3) is 0.556. The average molecular weight is 657 g/mol. The lowest BCUT2D eigenvalue weighted by atomic mass is 9.84. The highest BCUT2D eigenvalue weighted by Crippen LogP contribution is 2.32. The number of esters is 1. The first-order valence-electron chi connectivity index (χ1n) is 15.9. The zero-order chi connectivity index (χ0) is 33.7. The van der Waals surface area contributed by atoms with Crippen molar-refractivity contribution in [2.45, 2.75) is 85.3 Å². The van der Waals surface area contributed by atoms with Crippen LogP contribution in [0, 0.1) is 5.41 Å². The number of hydrogen-bond acceptors (Lipinski definition) is 9. The number of nitrogens with one attached hydrogen (secondary N) is 1. The number of hydrogen-bond donors (Lipinski definition) is 2. The van der Waals surface area contributed by atoms with Gasteiger partial charge < -0.3 is 34.3 Å². The molecule has 0 aliphatic carbocycles. The summed E-state index contributed by atoms with van der Waals surface area (Å²) in [5, 5.41) is 11.6. The number of methoxy groups -OCH3 is 2. The highest BCUT2D eigenvalue weighted by atomic mass is 16.5. The number of likely N-dealkylation sites (tertiary alicyclic amines) is 1. The summed E-state index contributed by atoms with van der Waals surface area (Å²) in [7, 11) is 3.13. The number of aryl methyl sites for hydroxylation is 1. The van der Waals surface area contributed by atoms with E-state index >= 15 is 0 Å². The van der Waals surface area contributed by atoms with Crippen LogP contribution in [-0.4, -0.2) is 80.1 Å². The number of ketones is 1. The Kier molecular flexibility index (Phi) is 15.7. The summed E-state index contributed by atoms with van der Waals surface area (Å²) in [6.45, 7) is 5.75. The van der Waals surface area contributed by atoms with Gasteiger partial charge in [-0.2, -0.15) is 0 Å². The summed E-state index contributed by atoms with van der Waals surface area (Å²) in [4.78, 5) is 53.7. The van der Waals surface area contributed by atoms with Crippen LogP contribution in [0.5, 0.6) is 17.2 Å². The lowest BCUT2D eigenvalue weighted by Gasteiger charge is -2.36. The van der Waals surface area contributed by atoms with E-state index in [9.17, 15) is 19.2 Å². The average Bonchev–Trinajstić information content (AvgIpc) is 3.08. The van der Waals surface area contributed by atoms with Gasteiger partial charge in [0, 0.05) is 25.1 Å². The predicted molar refractivity (Wildman–Crippen MR) is 179 cm³/mol. The Hall–Kier alpha value is -4.12. The van der Waals surface area contributed by atoms with Gasteiger partial charge in [0.2, 0.25) is 5.78 Å². The molecule has 2 N–H and O–H groups in total. The smallest absolute Gasteiger partial charge is 0.329 e. The van der Waals surface area contributed by atoms with Gasteiger partial charge in [-0.05, 0) is 80.3 Å². The van der Waals surface area contributed by atoms with Crippen LogP contribution in [0.15, 0.2) is 42.5 Å². The van der Waals surface area contributed by atoms with E-state index in [2.05, 4.69) is 5.32 Å². The quantitative estimate of drug-likeness (QED) is 0.139. The maximum atomic E-state index is 13.8. The molecule has 3 rings (SSSR count). The van der Waals surface area contributed by atoms with Gasteiger partial charge in [-0.3, -0.25) is 14.4 Å². The first-order valence-corrected chi connectivity index (χ1v) is 15.9. The third kappa shape index (κ3) is 11.0. The van der Waals surface area contributed by atoms with Crippen LogP contribution >= 0.6 is 0 Å². The Balaban J connectivity index is 0.00000768. The fourth-order valence-electron chi connectivity index (χ4n) is 5.16. The molecule has 1 aliphatic rings. The van der Waals surface area contributed by atoms with Crippen molar-refractivity contribution in [3.63, 3.8) is 0 Å². The standard InChI is InChI=1S/C35H48N2O9.CH4/c1-6-35(2,3)32(40)33(41)37-19-8-7-13-27(37)34(42)46-28(16-14-24-15-17-29(43-4)30(21-24)44-5)25-11-9-12-26(22-25)45-23-31(39)36-18-10-20-38;/h9,11-12,15,17,21-22,27-28,38H,6-8,10,13-14,16,18-20,23H2,1-5H3,(H,36,39);1H4/t27?,28-;/m1./s1. The van der Waals surface area contributed by atoms with Crippen LogP contribution in [0.3, 0.4) is 0 Å². The summed E-state index contributed by atoms with van der Waals surface area (Å²) in [6.07, 6.45) is 2.98. The van der Waals surface area contributed by atoms with Crippen molar-refractivity contribution < 1.29 is 43.2 Å². The summed E-state index contributed by atoms with van der Waals surface area (Å²) >= 11 is 0. The van der Waals surface area contributed by atoms with Crippen LogP contribution in [0.4, 0.5) is 0 Å². The van der Waals surface area contributed by atoms with E-state index in [4.69, 9.17) is 24.1 Å². The number of Topliss-reactive ketones (excluding diaryl/α,β-unsaturated/α-hetero) is 1. The van der Waals surface area contributed by atoms with Gasteiger partial charge in [0.1, 0.15) is 17.9 Å². The molecule has 2 aromatic rings. The topological polar surface area (TPSA) is 141 Å². The van der Waals surface area contributed by atoms with Gasteiger partial charge >= 0.3 is 5.97 Å². The molecule has 1 unspecified atom stereocenters. The molecule has 1 saturated heterocycles. The molecule has 0 aromatic heterocycles. The summed E-state index contributed by atoms with van der Waals surface area (Å²) < 4.78 is 22.7. The van der Waals surface area contributed by atoms with Crippen LogP contribution in [0.2, 0.25) is 0 Å². The van der Waals surface area contributed by atoms with Gasteiger partial charge in [0.25, 0.3) is 11.8 Å². The molecule has 47 heavy (non-hydrogen) atoms. The molecule has 0 saturated carbocycles. The monoisotopic (exact) mass is 656 g/mol. The van der Waals surface area contributed by atoms with Gasteiger partial charge in [-0.15, -0.1) is 0 Å². The molecule has 11 nitrogen and oxygen atoms in total. The van der Waals surface area contributed by atoms with Crippen molar-refractivity contribution in [3.8, 4) is 17.2 Å². The van der Waals surface area contributed by atoms with Gasteiger partial charge in [-0.1, -0.05) is 46.4 Å². The zero-order valence-electron chi connectivity index (χ0n) is 27.6. The number of carbonyl (C=O) groups excluding carboxylic acids is 4. The number of rotatable bonds is 17. The maximum absolute atomic E-state index is 13.8. The zero-order valence-corrected chi connectivity index (χ0v) is 27.6. The van der Waals surface area contributed by atoms with Gasteiger partial charge in [-0.25, -0.2) is 4.79 Å². The van der Waals surface area contributed by atoms with Crippen molar-refractivity contribution in [3.05, 3.63) is 53.6 Å². The maximum Gasteiger partial charge on any atom is 0.329 e. The second-order valence-corrected chi connectivity index (χ2v) is 12.0. The number of ether oxygens (including phenoxy) is 4. The van der Waals surface area contributed by atoms with Crippen molar-refractivity contribution in [2.24, 2.45) is 5.41 Å². The predicted octanol–water partition coefficient (Wildman–Crippen LogP) is 4.82. The highest BCUT2D eigenvalue weighted by molar-refractivity contribution is 6.38. The van der Waals surface area contributed by atoms with Gasteiger partial charge in [0.05, 0.1) is 14.2 Å². The van der Waals surface area contributed by atoms with Crippen molar-refractivity contribution >= 4 is 23.6 Å². The number of piperidine rings is 1. The number of aliphatic hydroxyl groups is 1. The minimum atomic E-state index is -0.872. The second kappa shape index (κ2) is 18.9. The van der Waals surface area contributed by atoms with E-state index < -0.39 is 35.2 Å². The van der Waals surface area contributed by atoms with Gasteiger partial charge in [0.15, 0.2) is 18.1 Å². The number of aliphatic hydroxyl groups excluding tert-OH is 1. The normalized spacial score (nSPS) is 15.1. The first-order chi connectivity index (χ1) is 22.0. The Morgan fingerprint density at radius 2 is 1.79 bits per heavy atom. The minimum absolute atomic E-state index is 0. The summed E-state index contributed by atoms with van der Waals surface area (Å²) in [5.41, 5.74) is 0.762. The van der Waals surface area contributed by atoms with E-state index in [1.165, 1.54) is 4.90 Å². The second-order valence-electron chi connectivity index (χ2n) is 12.0. The molecule has 1 heterocycles. The van der Waals surface area contributed by atoms with E-state index in [0.717, 1.165) is 12.0 Å². The van der Waals surface area contributed by atoms with Crippen molar-refractivity contribution in [1.82, 2.24) is 10.2 Å². The number of carbonyl (C=O) groups is 4. The molecule has 1 fully saturated rings. The van der Waals surface area contributed by atoms with Crippen molar-refractivity contribution in [1.29, 1.82) is 0 Å². The molecule has 0 bridgehead atoms. The lowest BCUT2D eigenvalue weighted by Crippen LogP contribution is -2.53.